The van der Waals surface area contributed by atoms with Gasteiger partial charge in [-0.15, -0.1) is 0 Å². The molecular formula is C19H17ClN2O2S. The van der Waals surface area contributed by atoms with Crippen molar-refractivity contribution in [1.82, 2.24) is 0 Å². The fourth-order valence-electron chi connectivity index (χ4n) is 2.30. The Morgan fingerprint density at radius 1 is 0.800 bits per heavy atom. The van der Waals surface area contributed by atoms with E-state index in [0.717, 1.165) is 5.69 Å². The molecule has 0 aliphatic carbocycles. The molecule has 0 aromatic heterocycles. The molecule has 3 aromatic carbocycles. The SMILES string of the molecule is O=S(=O)(Nc1ccc(NCc2ccccc2)cc1)c1cccc(Cl)c1. The van der Waals surface area contributed by atoms with E-state index in [9.17, 15) is 8.42 Å². The lowest BCUT2D eigenvalue weighted by Crippen LogP contribution is -2.12. The highest BCUT2D eigenvalue weighted by Gasteiger charge is 2.14. The largest absolute Gasteiger partial charge is 0.381 e. The summed E-state index contributed by atoms with van der Waals surface area (Å²) in [5.74, 6) is 0. The normalized spacial score (nSPS) is 11.1. The first-order valence-electron chi connectivity index (χ1n) is 7.69. The molecule has 0 spiro atoms. The van der Waals surface area contributed by atoms with Gasteiger partial charge in [-0.2, -0.15) is 0 Å². The molecule has 3 rings (SSSR count). The number of anilines is 2. The summed E-state index contributed by atoms with van der Waals surface area (Å²) in [6, 6.07) is 23.3. The van der Waals surface area contributed by atoms with Crippen molar-refractivity contribution in [3.8, 4) is 0 Å². The minimum Gasteiger partial charge on any atom is -0.381 e. The maximum atomic E-state index is 12.4. The van der Waals surface area contributed by atoms with Gasteiger partial charge in [0.2, 0.25) is 0 Å². The second kappa shape index (κ2) is 7.59. The van der Waals surface area contributed by atoms with E-state index in [4.69, 9.17) is 11.6 Å². The molecule has 0 radical (unpaired) electrons. The summed E-state index contributed by atoms with van der Waals surface area (Å²) in [6.45, 7) is 0.703. The minimum absolute atomic E-state index is 0.131. The second-order valence-corrected chi connectivity index (χ2v) is 7.60. The predicted octanol–water partition coefficient (Wildman–Crippen LogP) is 4.75. The lowest BCUT2D eigenvalue weighted by Gasteiger charge is -2.10. The van der Waals surface area contributed by atoms with Crippen molar-refractivity contribution in [1.29, 1.82) is 0 Å². The average molecular weight is 373 g/mol. The molecule has 3 aromatic rings. The highest BCUT2D eigenvalue weighted by atomic mass is 35.5. The second-order valence-electron chi connectivity index (χ2n) is 5.48. The van der Waals surface area contributed by atoms with E-state index < -0.39 is 10.0 Å². The van der Waals surface area contributed by atoms with Crippen LogP contribution in [0, 0.1) is 0 Å². The van der Waals surface area contributed by atoms with Crippen LogP contribution in [-0.2, 0) is 16.6 Å². The smallest absolute Gasteiger partial charge is 0.261 e. The van der Waals surface area contributed by atoms with Gasteiger partial charge in [0.15, 0.2) is 0 Å². The van der Waals surface area contributed by atoms with Crippen LogP contribution in [0.15, 0.2) is 83.8 Å². The van der Waals surface area contributed by atoms with Crippen LogP contribution in [0.25, 0.3) is 0 Å². The molecule has 0 aliphatic heterocycles. The zero-order valence-electron chi connectivity index (χ0n) is 13.3. The van der Waals surface area contributed by atoms with E-state index in [-0.39, 0.29) is 4.90 Å². The van der Waals surface area contributed by atoms with Crippen molar-refractivity contribution >= 4 is 33.0 Å². The number of sulfonamides is 1. The quantitative estimate of drug-likeness (QED) is 0.656. The van der Waals surface area contributed by atoms with E-state index in [1.165, 1.54) is 17.7 Å². The van der Waals surface area contributed by atoms with Crippen molar-refractivity contribution in [3.05, 3.63) is 89.4 Å². The number of rotatable bonds is 6. The monoisotopic (exact) mass is 372 g/mol. The molecule has 128 valence electrons. The van der Waals surface area contributed by atoms with Gasteiger partial charge in [0.1, 0.15) is 0 Å². The molecule has 0 unspecified atom stereocenters. The Morgan fingerprint density at radius 3 is 2.16 bits per heavy atom. The lowest BCUT2D eigenvalue weighted by molar-refractivity contribution is 0.601. The molecule has 4 nitrogen and oxygen atoms in total. The number of nitrogens with one attached hydrogen (secondary N) is 2. The Hall–Kier alpha value is -2.50. The van der Waals surface area contributed by atoms with Gasteiger partial charge in [0, 0.05) is 22.9 Å². The molecule has 0 saturated heterocycles. The van der Waals surface area contributed by atoms with Gasteiger partial charge in [-0.05, 0) is 48.0 Å². The number of hydrogen-bond acceptors (Lipinski definition) is 3. The van der Waals surface area contributed by atoms with Crippen LogP contribution >= 0.6 is 11.6 Å². The fraction of sp³-hybridized carbons (Fsp3) is 0.0526. The molecule has 6 heteroatoms. The third-order valence-corrected chi connectivity index (χ3v) is 5.20. The van der Waals surface area contributed by atoms with Gasteiger partial charge in [-0.1, -0.05) is 48.0 Å². The van der Waals surface area contributed by atoms with Crippen molar-refractivity contribution in [2.75, 3.05) is 10.0 Å². The summed E-state index contributed by atoms with van der Waals surface area (Å²) >= 11 is 5.86. The summed E-state index contributed by atoms with van der Waals surface area (Å²) in [5, 5.41) is 3.67. The number of benzene rings is 3. The summed E-state index contributed by atoms with van der Waals surface area (Å²) in [4.78, 5) is 0.131. The molecule has 0 amide bonds. The zero-order chi connectivity index (χ0) is 17.7. The molecule has 2 N–H and O–H groups in total. The Morgan fingerprint density at radius 2 is 1.48 bits per heavy atom. The summed E-state index contributed by atoms with van der Waals surface area (Å²) in [6.07, 6.45) is 0. The van der Waals surface area contributed by atoms with Gasteiger partial charge in [-0.3, -0.25) is 4.72 Å². The number of hydrogen-bond donors (Lipinski definition) is 2. The fourth-order valence-corrected chi connectivity index (χ4v) is 3.66. The first-order valence-corrected chi connectivity index (χ1v) is 9.55. The van der Waals surface area contributed by atoms with Crippen LogP contribution in [0.2, 0.25) is 5.02 Å². The third kappa shape index (κ3) is 4.75. The first kappa shape index (κ1) is 17.3. The maximum Gasteiger partial charge on any atom is 0.261 e. The Bertz CT molecular complexity index is 943. The van der Waals surface area contributed by atoms with Crippen LogP contribution in [0.5, 0.6) is 0 Å². The van der Waals surface area contributed by atoms with E-state index in [1.807, 2.05) is 42.5 Å². The highest BCUT2D eigenvalue weighted by molar-refractivity contribution is 7.92. The van der Waals surface area contributed by atoms with Gasteiger partial charge in [-0.25, -0.2) is 8.42 Å². The topological polar surface area (TPSA) is 58.2 Å². The third-order valence-electron chi connectivity index (χ3n) is 3.58. The van der Waals surface area contributed by atoms with Crippen LogP contribution in [0.1, 0.15) is 5.56 Å². The molecule has 0 aliphatic rings. The van der Waals surface area contributed by atoms with Crippen LogP contribution in [0.4, 0.5) is 11.4 Å². The van der Waals surface area contributed by atoms with Crippen LogP contribution in [0.3, 0.4) is 0 Å². The molecule has 0 heterocycles. The Balaban J connectivity index is 1.66. The molecule has 0 saturated carbocycles. The number of halogens is 1. The van der Waals surface area contributed by atoms with Crippen molar-refractivity contribution in [2.45, 2.75) is 11.4 Å². The molecule has 25 heavy (non-hydrogen) atoms. The maximum absolute atomic E-state index is 12.4. The zero-order valence-corrected chi connectivity index (χ0v) is 14.9. The van der Waals surface area contributed by atoms with Crippen LogP contribution < -0.4 is 10.0 Å². The summed E-state index contributed by atoms with van der Waals surface area (Å²) < 4.78 is 27.3. The van der Waals surface area contributed by atoms with E-state index in [2.05, 4.69) is 10.0 Å². The molecule has 0 atom stereocenters. The summed E-state index contributed by atoms with van der Waals surface area (Å²) in [5.41, 5.74) is 2.58. The van der Waals surface area contributed by atoms with E-state index >= 15 is 0 Å². The molecule has 0 fully saturated rings. The van der Waals surface area contributed by atoms with E-state index in [1.54, 1.807) is 24.3 Å². The highest BCUT2D eigenvalue weighted by Crippen LogP contribution is 2.20. The Kier molecular flexibility index (Phi) is 5.26. The van der Waals surface area contributed by atoms with Gasteiger partial charge >= 0.3 is 0 Å². The van der Waals surface area contributed by atoms with Crippen molar-refractivity contribution < 1.29 is 8.42 Å². The van der Waals surface area contributed by atoms with E-state index in [0.29, 0.717) is 17.3 Å². The van der Waals surface area contributed by atoms with Gasteiger partial charge in [0.25, 0.3) is 10.0 Å². The standard InChI is InChI=1S/C19H17ClN2O2S/c20-16-7-4-8-19(13-16)25(23,24)22-18-11-9-17(10-12-18)21-14-15-5-2-1-3-6-15/h1-13,21-22H,14H2. The summed E-state index contributed by atoms with van der Waals surface area (Å²) in [7, 11) is -3.66. The molecular weight excluding hydrogens is 356 g/mol. The van der Waals surface area contributed by atoms with Crippen LogP contribution in [-0.4, -0.2) is 8.42 Å². The Labute approximate surface area is 152 Å². The van der Waals surface area contributed by atoms with Gasteiger partial charge in [0.05, 0.1) is 4.90 Å². The van der Waals surface area contributed by atoms with Crippen molar-refractivity contribution in [2.24, 2.45) is 0 Å². The average Bonchev–Trinajstić information content (AvgIpc) is 2.62. The van der Waals surface area contributed by atoms with Gasteiger partial charge < -0.3 is 5.32 Å². The first-order chi connectivity index (χ1) is 12.0. The van der Waals surface area contributed by atoms with Crippen molar-refractivity contribution in [3.63, 3.8) is 0 Å². The predicted molar refractivity (Wildman–Crippen MR) is 102 cm³/mol. The lowest BCUT2D eigenvalue weighted by atomic mass is 10.2. The minimum atomic E-state index is -3.66. The molecule has 0 bridgehead atoms.